The number of hydrogen-bond donors (Lipinski definition) is 3. The minimum atomic E-state index is -0.0881. The molecule has 3 N–H and O–H groups in total. The van der Waals surface area contributed by atoms with E-state index in [1.807, 2.05) is 32.0 Å². The molecule has 0 spiro atoms. The second kappa shape index (κ2) is 9.91. The van der Waals surface area contributed by atoms with Crippen molar-refractivity contribution in [2.45, 2.75) is 33.7 Å². The highest BCUT2D eigenvalue weighted by molar-refractivity contribution is 7.11. The average molecular weight is 374 g/mol. The lowest BCUT2D eigenvalue weighted by Crippen LogP contribution is -2.38. The third-order valence-corrected chi connectivity index (χ3v) is 5.02. The van der Waals surface area contributed by atoms with Gasteiger partial charge in [0.05, 0.1) is 17.2 Å². The molecule has 0 bridgehead atoms. The number of aromatic nitrogens is 1. The number of thiazole rings is 1. The molecule has 0 unspecified atom stereocenters. The van der Waals surface area contributed by atoms with Crippen LogP contribution in [0.4, 0.5) is 0 Å². The van der Waals surface area contributed by atoms with E-state index in [-0.39, 0.29) is 5.91 Å². The molecule has 7 heteroatoms. The van der Waals surface area contributed by atoms with E-state index < -0.39 is 0 Å². The van der Waals surface area contributed by atoms with Crippen LogP contribution < -0.4 is 16.0 Å². The van der Waals surface area contributed by atoms with Gasteiger partial charge in [0.2, 0.25) is 0 Å². The van der Waals surface area contributed by atoms with Crippen LogP contribution in [0.5, 0.6) is 0 Å². The standard InChI is InChI=1S/C19H27N5OS/c1-5-21-19(22-10-9-17-24-13(2)14(3)26-17)23-12-15-7-6-8-16(11-15)18(25)20-4/h6-8,11H,5,9-10,12H2,1-4H3,(H,20,25)(H2,21,22,23). The van der Waals surface area contributed by atoms with E-state index >= 15 is 0 Å². The molecule has 1 heterocycles. The van der Waals surface area contributed by atoms with Crippen molar-refractivity contribution >= 4 is 23.2 Å². The summed E-state index contributed by atoms with van der Waals surface area (Å²) < 4.78 is 0. The van der Waals surface area contributed by atoms with Crippen LogP contribution in [0.2, 0.25) is 0 Å². The van der Waals surface area contributed by atoms with Gasteiger partial charge in [-0.1, -0.05) is 12.1 Å². The predicted molar refractivity (Wildman–Crippen MR) is 108 cm³/mol. The van der Waals surface area contributed by atoms with E-state index in [2.05, 4.69) is 32.9 Å². The number of benzene rings is 1. The number of carbonyl (C=O) groups excluding carboxylic acids is 1. The molecule has 0 aliphatic rings. The van der Waals surface area contributed by atoms with Gasteiger partial charge in [0.15, 0.2) is 5.96 Å². The highest BCUT2D eigenvalue weighted by Crippen LogP contribution is 2.16. The first kappa shape index (κ1) is 19.9. The Labute approximate surface area is 159 Å². The van der Waals surface area contributed by atoms with Crippen LogP contribution >= 0.6 is 11.3 Å². The van der Waals surface area contributed by atoms with Gasteiger partial charge < -0.3 is 16.0 Å². The zero-order chi connectivity index (χ0) is 18.9. The van der Waals surface area contributed by atoms with Crippen molar-refractivity contribution in [3.05, 3.63) is 51.0 Å². The summed E-state index contributed by atoms with van der Waals surface area (Å²) in [7, 11) is 1.63. The van der Waals surface area contributed by atoms with Crippen molar-refractivity contribution in [1.82, 2.24) is 20.9 Å². The molecule has 0 fully saturated rings. The minimum Gasteiger partial charge on any atom is -0.357 e. The van der Waals surface area contributed by atoms with E-state index in [1.54, 1.807) is 24.5 Å². The predicted octanol–water partition coefficient (Wildman–Crippen LogP) is 2.42. The monoisotopic (exact) mass is 373 g/mol. The molecule has 1 amide bonds. The number of carbonyl (C=O) groups is 1. The number of hydrogen-bond acceptors (Lipinski definition) is 4. The summed E-state index contributed by atoms with van der Waals surface area (Å²) in [5.41, 5.74) is 2.75. The number of rotatable bonds is 7. The van der Waals surface area contributed by atoms with E-state index in [0.717, 1.165) is 41.7 Å². The van der Waals surface area contributed by atoms with Crippen molar-refractivity contribution in [2.75, 3.05) is 20.1 Å². The maximum absolute atomic E-state index is 11.7. The smallest absolute Gasteiger partial charge is 0.251 e. The number of aliphatic imine (C=N–C) groups is 1. The van der Waals surface area contributed by atoms with Gasteiger partial charge in [-0.2, -0.15) is 0 Å². The SMILES string of the molecule is CCNC(=NCc1cccc(C(=O)NC)c1)NCCc1nc(C)c(C)s1. The van der Waals surface area contributed by atoms with E-state index in [9.17, 15) is 4.79 Å². The molecule has 0 aliphatic carbocycles. The first-order valence-corrected chi connectivity index (χ1v) is 9.61. The van der Waals surface area contributed by atoms with Gasteiger partial charge in [-0.25, -0.2) is 9.98 Å². The lowest BCUT2D eigenvalue weighted by atomic mass is 10.1. The molecule has 0 radical (unpaired) electrons. The van der Waals surface area contributed by atoms with Crippen LogP contribution in [-0.4, -0.2) is 37.0 Å². The van der Waals surface area contributed by atoms with Crippen molar-refractivity contribution in [3.8, 4) is 0 Å². The summed E-state index contributed by atoms with van der Waals surface area (Å²) in [4.78, 5) is 22.2. The van der Waals surface area contributed by atoms with Gasteiger partial charge >= 0.3 is 0 Å². The Hall–Kier alpha value is -2.41. The fraction of sp³-hybridized carbons (Fsp3) is 0.421. The van der Waals surface area contributed by atoms with Crippen LogP contribution in [0.25, 0.3) is 0 Å². The Bertz CT molecular complexity index is 750. The Kier molecular flexibility index (Phi) is 7.59. The fourth-order valence-electron chi connectivity index (χ4n) is 2.40. The first-order valence-electron chi connectivity index (χ1n) is 8.79. The Morgan fingerprint density at radius 1 is 1.27 bits per heavy atom. The lowest BCUT2D eigenvalue weighted by Gasteiger charge is -2.11. The lowest BCUT2D eigenvalue weighted by molar-refractivity contribution is 0.0963. The molecule has 6 nitrogen and oxygen atoms in total. The molecule has 0 aliphatic heterocycles. The topological polar surface area (TPSA) is 78.4 Å². The summed E-state index contributed by atoms with van der Waals surface area (Å²) in [5, 5.41) is 10.4. The van der Waals surface area contributed by atoms with Crippen LogP contribution in [0.1, 0.15) is 38.4 Å². The Morgan fingerprint density at radius 3 is 2.73 bits per heavy atom. The summed E-state index contributed by atoms with van der Waals surface area (Å²) in [6, 6.07) is 7.52. The third-order valence-electron chi connectivity index (χ3n) is 3.88. The largest absolute Gasteiger partial charge is 0.357 e. The van der Waals surface area contributed by atoms with Gasteiger partial charge in [0.1, 0.15) is 0 Å². The van der Waals surface area contributed by atoms with Gasteiger partial charge in [-0.15, -0.1) is 11.3 Å². The molecule has 2 aromatic rings. The zero-order valence-electron chi connectivity index (χ0n) is 15.8. The highest BCUT2D eigenvalue weighted by Gasteiger charge is 2.05. The fourth-order valence-corrected chi connectivity index (χ4v) is 3.33. The Morgan fingerprint density at radius 2 is 2.08 bits per heavy atom. The highest BCUT2D eigenvalue weighted by atomic mass is 32.1. The van der Waals surface area contributed by atoms with Crippen LogP contribution in [0.3, 0.4) is 0 Å². The normalized spacial score (nSPS) is 11.3. The molecule has 0 atom stereocenters. The number of nitrogens with one attached hydrogen (secondary N) is 3. The summed E-state index contributed by atoms with van der Waals surface area (Å²) in [5.74, 6) is 0.678. The van der Waals surface area contributed by atoms with Crippen molar-refractivity contribution in [2.24, 2.45) is 4.99 Å². The van der Waals surface area contributed by atoms with Crippen molar-refractivity contribution in [3.63, 3.8) is 0 Å². The van der Waals surface area contributed by atoms with Gasteiger partial charge in [0, 0.05) is 37.0 Å². The molecule has 2 rings (SSSR count). The zero-order valence-corrected chi connectivity index (χ0v) is 16.7. The number of aryl methyl sites for hydroxylation is 2. The summed E-state index contributed by atoms with van der Waals surface area (Å²) >= 11 is 1.75. The van der Waals surface area contributed by atoms with Crippen molar-refractivity contribution in [1.29, 1.82) is 0 Å². The summed E-state index contributed by atoms with van der Waals surface area (Å²) in [6.07, 6.45) is 0.871. The second-order valence-electron chi connectivity index (χ2n) is 5.90. The first-order chi connectivity index (χ1) is 12.5. The molecule has 26 heavy (non-hydrogen) atoms. The van der Waals surface area contributed by atoms with E-state index in [4.69, 9.17) is 0 Å². The van der Waals surface area contributed by atoms with Crippen LogP contribution in [-0.2, 0) is 13.0 Å². The van der Waals surface area contributed by atoms with E-state index in [0.29, 0.717) is 12.1 Å². The number of amides is 1. The number of nitrogens with zero attached hydrogens (tertiary/aromatic N) is 2. The molecule has 0 saturated heterocycles. The van der Waals surface area contributed by atoms with Gasteiger partial charge in [-0.05, 0) is 38.5 Å². The van der Waals surface area contributed by atoms with Gasteiger partial charge in [0.25, 0.3) is 5.91 Å². The van der Waals surface area contributed by atoms with Crippen molar-refractivity contribution < 1.29 is 4.79 Å². The number of guanidine groups is 1. The molecular weight excluding hydrogens is 346 g/mol. The van der Waals surface area contributed by atoms with Gasteiger partial charge in [-0.3, -0.25) is 4.79 Å². The molecular formula is C19H27N5OS. The molecule has 1 aromatic heterocycles. The molecule has 140 valence electrons. The third kappa shape index (κ3) is 5.84. The average Bonchev–Trinajstić information content (AvgIpc) is 2.97. The van der Waals surface area contributed by atoms with E-state index in [1.165, 1.54) is 4.88 Å². The minimum absolute atomic E-state index is 0.0881. The molecule has 0 saturated carbocycles. The maximum Gasteiger partial charge on any atom is 0.251 e. The maximum atomic E-state index is 11.7. The molecule has 1 aromatic carbocycles. The van der Waals surface area contributed by atoms with Crippen LogP contribution in [0.15, 0.2) is 29.3 Å². The second-order valence-corrected chi connectivity index (χ2v) is 7.19. The van der Waals surface area contributed by atoms with Crippen LogP contribution in [0, 0.1) is 13.8 Å². The quantitative estimate of drug-likeness (QED) is 0.514. The Balaban J connectivity index is 1.94. The summed E-state index contributed by atoms with van der Waals surface area (Å²) in [6.45, 7) is 8.26.